The molecule has 1 N–H and O–H groups in total. The van der Waals surface area contributed by atoms with Crippen LogP contribution < -0.4 is 10.1 Å². The Hall–Kier alpha value is -3.98. The van der Waals surface area contributed by atoms with E-state index in [0.29, 0.717) is 29.6 Å². The number of nitrogens with zero attached hydrogens (tertiary/aromatic N) is 3. The standard InChI is InChI=1S/C26H23FN4O3S/c1-3-33-20-12-8-18(9-13-20)23-22(25-29-24(30-34-25)21-5-4-14-35-21)16(2)31(26(32)28-23)15-17-6-10-19(27)11-7-17/h4-14,23H,3,15H2,1-2H3,(H,28,32). The van der Waals surface area contributed by atoms with Crippen molar-refractivity contribution in [1.82, 2.24) is 20.4 Å². The van der Waals surface area contributed by atoms with E-state index in [0.717, 1.165) is 21.8 Å². The molecule has 2 aromatic heterocycles. The Balaban J connectivity index is 1.56. The number of ether oxygens (including phenoxy) is 1. The van der Waals surface area contributed by atoms with Gasteiger partial charge in [-0.3, -0.25) is 4.90 Å². The zero-order valence-corrected chi connectivity index (χ0v) is 20.0. The van der Waals surface area contributed by atoms with Crippen LogP contribution in [0.3, 0.4) is 0 Å². The number of thiophene rings is 1. The van der Waals surface area contributed by atoms with Crippen molar-refractivity contribution < 1.29 is 18.4 Å². The maximum atomic E-state index is 13.4. The molecule has 0 spiro atoms. The lowest BCUT2D eigenvalue weighted by Crippen LogP contribution is -2.45. The van der Waals surface area contributed by atoms with Gasteiger partial charge >= 0.3 is 6.03 Å². The Bertz CT molecular complexity index is 1350. The van der Waals surface area contributed by atoms with Crippen molar-refractivity contribution in [1.29, 1.82) is 0 Å². The first kappa shape index (κ1) is 22.8. The van der Waals surface area contributed by atoms with E-state index in [1.54, 1.807) is 17.0 Å². The molecule has 0 saturated carbocycles. The van der Waals surface area contributed by atoms with Crippen LogP contribution >= 0.6 is 11.3 Å². The van der Waals surface area contributed by atoms with Crippen molar-refractivity contribution in [2.45, 2.75) is 26.4 Å². The molecule has 0 fully saturated rings. The van der Waals surface area contributed by atoms with Crippen molar-refractivity contribution in [3.63, 3.8) is 0 Å². The Morgan fingerprint density at radius 2 is 1.91 bits per heavy atom. The number of urea groups is 1. The van der Waals surface area contributed by atoms with Crippen LogP contribution in [0, 0.1) is 5.82 Å². The summed E-state index contributed by atoms with van der Waals surface area (Å²) in [4.78, 5) is 20.4. The molecule has 1 unspecified atom stereocenters. The van der Waals surface area contributed by atoms with Gasteiger partial charge in [-0.25, -0.2) is 9.18 Å². The van der Waals surface area contributed by atoms with Gasteiger partial charge in [0.15, 0.2) is 0 Å². The molecular formula is C26H23FN4O3S. The van der Waals surface area contributed by atoms with E-state index in [-0.39, 0.29) is 18.4 Å². The summed E-state index contributed by atoms with van der Waals surface area (Å²) in [5, 5.41) is 9.20. The number of hydrogen-bond donors (Lipinski definition) is 1. The van der Waals surface area contributed by atoms with Crippen molar-refractivity contribution in [3.8, 4) is 16.5 Å². The van der Waals surface area contributed by atoms with Gasteiger partial charge in [0.25, 0.3) is 5.89 Å². The predicted molar refractivity (Wildman–Crippen MR) is 131 cm³/mol. The highest BCUT2D eigenvalue weighted by molar-refractivity contribution is 7.13. The Morgan fingerprint density at radius 3 is 2.60 bits per heavy atom. The first-order valence-corrected chi connectivity index (χ1v) is 12.1. The quantitative estimate of drug-likeness (QED) is 0.342. The van der Waals surface area contributed by atoms with Gasteiger partial charge < -0.3 is 14.6 Å². The van der Waals surface area contributed by atoms with Crippen LogP contribution in [-0.2, 0) is 6.54 Å². The van der Waals surface area contributed by atoms with Gasteiger partial charge in [0.1, 0.15) is 11.6 Å². The van der Waals surface area contributed by atoms with Gasteiger partial charge in [-0.15, -0.1) is 11.3 Å². The number of carbonyl (C=O) groups excluding carboxylic acids is 1. The van der Waals surface area contributed by atoms with Crippen LogP contribution in [0.5, 0.6) is 5.75 Å². The summed E-state index contributed by atoms with van der Waals surface area (Å²) in [6, 6.07) is 16.7. The molecule has 0 saturated heterocycles. The fourth-order valence-electron chi connectivity index (χ4n) is 4.03. The molecule has 178 valence electrons. The van der Waals surface area contributed by atoms with Gasteiger partial charge in [-0.2, -0.15) is 4.98 Å². The number of benzene rings is 2. The van der Waals surface area contributed by atoms with E-state index >= 15 is 0 Å². The Kier molecular flexibility index (Phi) is 6.33. The minimum atomic E-state index is -0.501. The van der Waals surface area contributed by atoms with Crippen molar-refractivity contribution in [2.75, 3.05) is 6.61 Å². The molecule has 1 atom stereocenters. The van der Waals surface area contributed by atoms with Gasteiger partial charge in [-0.05, 0) is 60.7 Å². The molecule has 4 aromatic rings. The summed E-state index contributed by atoms with van der Waals surface area (Å²) in [5.74, 6) is 1.24. The Labute approximate surface area is 205 Å². The molecule has 9 heteroatoms. The largest absolute Gasteiger partial charge is 0.494 e. The van der Waals surface area contributed by atoms with Gasteiger partial charge in [-0.1, -0.05) is 35.5 Å². The number of nitrogens with one attached hydrogen (secondary N) is 1. The zero-order chi connectivity index (χ0) is 24.4. The first-order valence-electron chi connectivity index (χ1n) is 11.2. The van der Waals surface area contributed by atoms with E-state index in [2.05, 4.69) is 15.5 Å². The molecule has 5 rings (SSSR count). The molecular weight excluding hydrogens is 467 g/mol. The summed E-state index contributed by atoms with van der Waals surface area (Å²) < 4.78 is 24.7. The number of amides is 2. The smallest absolute Gasteiger partial charge is 0.322 e. The van der Waals surface area contributed by atoms with Crippen LogP contribution in [0.1, 0.15) is 36.9 Å². The van der Waals surface area contributed by atoms with E-state index in [9.17, 15) is 9.18 Å². The highest BCUT2D eigenvalue weighted by atomic mass is 32.1. The summed E-state index contributed by atoms with van der Waals surface area (Å²) in [6.07, 6.45) is 0. The second kappa shape index (κ2) is 9.71. The van der Waals surface area contributed by atoms with E-state index in [1.165, 1.54) is 23.5 Å². The fourth-order valence-corrected chi connectivity index (χ4v) is 4.68. The highest BCUT2D eigenvalue weighted by Gasteiger charge is 2.36. The van der Waals surface area contributed by atoms with E-state index in [4.69, 9.17) is 9.26 Å². The third-order valence-electron chi connectivity index (χ3n) is 5.77. The summed E-state index contributed by atoms with van der Waals surface area (Å²) in [6.45, 7) is 4.61. The monoisotopic (exact) mass is 490 g/mol. The lowest BCUT2D eigenvalue weighted by atomic mass is 9.94. The molecule has 0 aliphatic carbocycles. The molecule has 35 heavy (non-hydrogen) atoms. The number of carbonyl (C=O) groups is 1. The van der Waals surface area contributed by atoms with Gasteiger partial charge in [0.05, 0.1) is 29.6 Å². The second-order valence-corrected chi connectivity index (χ2v) is 8.94. The van der Waals surface area contributed by atoms with Crippen LogP contribution in [0.2, 0.25) is 0 Å². The van der Waals surface area contributed by atoms with Gasteiger partial charge in [0, 0.05) is 5.70 Å². The highest BCUT2D eigenvalue weighted by Crippen LogP contribution is 2.38. The zero-order valence-electron chi connectivity index (χ0n) is 19.2. The molecule has 1 aliphatic rings. The number of allylic oxidation sites excluding steroid dienone is 1. The molecule has 7 nitrogen and oxygen atoms in total. The predicted octanol–water partition coefficient (Wildman–Crippen LogP) is 6.03. The SMILES string of the molecule is CCOc1ccc(C2NC(=O)N(Cc3ccc(F)cc3)C(C)=C2c2nc(-c3cccs3)no2)cc1. The molecule has 2 aromatic carbocycles. The number of hydrogen-bond acceptors (Lipinski definition) is 6. The molecule has 3 heterocycles. The minimum Gasteiger partial charge on any atom is -0.494 e. The lowest BCUT2D eigenvalue weighted by Gasteiger charge is -2.35. The Morgan fingerprint density at radius 1 is 1.14 bits per heavy atom. The molecule has 0 bridgehead atoms. The van der Waals surface area contributed by atoms with Crippen LogP contribution in [0.4, 0.5) is 9.18 Å². The van der Waals surface area contributed by atoms with Crippen LogP contribution in [-0.4, -0.2) is 27.7 Å². The summed E-state index contributed by atoms with van der Waals surface area (Å²) in [7, 11) is 0. The average molecular weight is 491 g/mol. The third-order valence-corrected chi connectivity index (χ3v) is 6.64. The molecule has 2 amide bonds. The van der Waals surface area contributed by atoms with Crippen LogP contribution in [0.15, 0.2) is 76.3 Å². The second-order valence-electron chi connectivity index (χ2n) is 8.00. The van der Waals surface area contributed by atoms with E-state index < -0.39 is 6.04 Å². The maximum absolute atomic E-state index is 13.4. The first-order chi connectivity index (χ1) is 17.0. The van der Waals surface area contributed by atoms with Crippen molar-refractivity contribution in [3.05, 3.63) is 94.6 Å². The van der Waals surface area contributed by atoms with Gasteiger partial charge in [0.2, 0.25) is 5.82 Å². The molecule has 1 aliphatic heterocycles. The van der Waals surface area contributed by atoms with E-state index in [1.807, 2.05) is 55.6 Å². The topological polar surface area (TPSA) is 80.5 Å². The summed E-state index contributed by atoms with van der Waals surface area (Å²) in [5.41, 5.74) is 3.03. The summed E-state index contributed by atoms with van der Waals surface area (Å²) >= 11 is 1.52. The molecule has 0 radical (unpaired) electrons. The maximum Gasteiger partial charge on any atom is 0.322 e. The minimum absolute atomic E-state index is 0.267. The fraction of sp³-hybridized carbons (Fsp3) is 0.192. The number of rotatable bonds is 7. The number of halogens is 1. The number of aromatic nitrogens is 2. The third kappa shape index (κ3) is 4.67. The average Bonchev–Trinajstić information content (AvgIpc) is 3.56. The van der Waals surface area contributed by atoms with Crippen molar-refractivity contribution >= 4 is 22.9 Å². The van der Waals surface area contributed by atoms with Crippen molar-refractivity contribution in [2.24, 2.45) is 0 Å². The lowest BCUT2D eigenvalue weighted by molar-refractivity contribution is 0.203. The van der Waals surface area contributed by atoms with Crippen LogP contribution in [0.25, 0.3) is 16.3 Å². The normalized spacial score (nSPS) is 15.9.